The Morgan fingerprint density at radius 1 is 1.12 bits per heavy atom. The number of hydrogen-bond acceptors (Lipinski definition) is 0. The predicted octanol–water partition coefficient (Wildman–Crippen LogP) is 4.82. The van der Waals surface area contributed by atoms with Crippen molar-refractivity contribution in [2.45, 2.75) is 13.8 Å². The van der Waals surface area contributed by atoms with Crippen LogP contribution in [0.25, 0.3) is 22.9 Å². The SMILES string of the molecule is C=Cc1cc(C)c2ccccc2c1/C=C\C. The van der Waals surface area contributed by atoms with Crippen LogP contribution in [-0.2, 0) is 0 Å². The minimum absolute atomic E-state index is 1.20. The third kappa shape index (κ3) is 1.67. The van der Waals surface area contributed by atoms with Gasteiger partial charge in [0, 0.05) is 0 Å². The highest BCUT2D eigenvalue weighted by atomic mass is 14.1. The summed E-state index contributed by atoms with van der Waals surface area (Å²) in [6, 6.07) is 10.7. The molecule has 0 atom stereocenters. The molecule has 0 saturated carbocycles. The first-order valence-electron chi connectivity index (χ1n) is 5.55. The van der Waals surface area contributed by atoms with Crippen molar-refractivity contribution in [3.63, 3.8) is 0 Å². The van der Waals surface area contributed by atoms with Crippen LogP contribution >= 0.6 is 0 Å². The van der Waals surface area contributed by atoms with Gasteiger partial charge in [-0.15, -0.1) is 0 Å². The van der Waals surface area contributed by atoms with Gasteiger partial charge in [-0.25, -0.2) is 0 Å². The minimum Gasteiger partial charge on any atom is -0.0984 e. The van der Waals surface area contributed by atoms with Gasteiger partial charge in [0.15, 0.2) is 0 Å². The normalized spacial score (nSPS) is 11.1. The molecule has 2 aromatic carbocycles. The highest BCUT2D eigenvalue weighted by Crippen LogP contribution is 2.27. The topological polar surface area (TPSA) is 0 Å². The van der Waals surface area contributed by atoms with Gasteiger partial charge in [0.1, 0.15) is 0 Å². The fourth-order valence-electron chi connectivity index (χ4n) is 2.13. The summed E-state index contributed by atoms with van der Waals surface area (Å²) in [7, 11) is 0. The van der Waals surface area contributed by atoms with E-state index in [4.69, 9.17) is 0 Å². The Hall–Kier alpha value is -1.82. The van der Waals surface area contributed by atoms with Crippen LogP contribution in [0.3, 0.4) is 0 Å². The maximum atomic E-state index is 3.89. The monoisotopic (exact) mass is 208 g/mol. The maximum absolute atomic E-state index is 3.89. The van der Waals surface area contributed by atoms with E-state index in [1.54, 1.807) is 0 Å². The minimum atomic E-state index is 1.20. The second kappa shape index (κ2) is 4.36. The maximum Gasteiger partial charge on any atom is -0.0103 e. The van der Waals surface area contributed by atoms with Gasteiger partial charge in [-0.1, -0.05) is 55.1 Å². The molecule has 0 unspecified atom stereocenters. The van der Waals surface area contributed by atoms with Gasteiger partial charge in [-0.05, 0) is 41.3 Å². The van der Waals surface area contributed by atoms with Gasteiger partial charge < -0.3 is 0 Å². The van der Waals surface area contributed by atoms with E-state index in [0.29, 0.717) is 0 Å². The number of benzene rings is 2. The zero-order chi connectivity index (χ0) is 11.5. The van der Waals surface area contributed by atoms with Gasteiger partial charge in [0.05, 0.1) is 0 Å². The lowest BCUT2D eigenvalue weighted by Crippen LogP contribution is -1.87. The molecule has 0 bridgehead atoms. The van der Waals surface area contributed by atoms with Crippen LogP contribution in [0.2, 0.25) is 0 Å². The Morgan fingerprint density at radius 3 is 2.44 bits per heavy atom. The molecule has 0 aliphatic heterocycles. The lowest BCUT2D eigenvalue weighted by Gasteiger charge is -2.09. The van der Waals surface area contributed by atoms with E-state index in [9.17, 15) is 0 Å². The first-order valence-corrected chi connectivity index (χ1v) is 5.55. The largest absolute Gasteiger partial charge is 0.0984 e. The van der Waals surface area contributed by atoms with Crippen LogP contribution in [-0.4, -0.2) is 0 Å². The molecule has 80 valence electrons. The Kier molecular flexibility index (Phi) is 2.91. The summed E-state index contributed by atoms with van der Waals surface area (Å²) in [5.74, 6) is 0. The molecule has 0 nitrogen and oxygen atoms in total. The molecule has 0 aromatic heterocycles. The number of rotatable bonds is 2. The lowest BCUT2D eigenvalue weighted by molar-refractivity contribution is 1.50. The molecule has 2 aromatic rings. The summed E-state index contributed by atoms with van der Waals surface area (Å²) < 4.78 is 0. The zero-order valence-corrected chi connectivity index (χ0v) is 9.83. The Balaban J connectivity index is 2.92. The van der Waals surface area contributed by atoms with Crippen molar-refractivity contribution < 1.29 is 0 Å². The van der Waals surface area contributed by atoms with Gasteiger partial charge in [0.2, 0.25) is 0 Å². The van der Waals surface area contributed by atoms with Crippen molar-refractivity contribution in [3.05, 3.63) is 59.7 Å². The van der Waals surface area contributed by atoms with E-state index in [1.165, 1.54) is 27.5 Å². The van der Waals surface area contributed by atoms with Gasteiger partial charge >= 0.3 is 0 Å². The average molecular weight is 208 g/mol. The molecule has 0 N–H and O–H groups in total. The van der Waals surface area contributed by atoms with Crippen molar-refractivity contribution in [1.82, 2.24) is 0 Å². The van der Waals surface area contributed by atoms with E-state index < -0.39 is 0 Å². The molecule has 0 heterocycles. The van der Waals surface area contributed by atoms with E-state index >= 15 is 0 Å². The summed E-state index contributed by atoms with van der Waals surface area (Å²) >= 11 is 0. The van der Waals surface area contributed by atoms with Crippen LogP contribution < -0.4 is 0 Å². The molecule has 0 fully saturated rings. The van der Waals surface area contributed by atoms with Crippen molar-refractivity contribution in [2.75, 3.05) is 0 Å². The van der Waals surface area contributed by atoms with Crippen molar-refractivity contribution in [1.29, 1.82) is 0 Å². The Bertz CT molecular complexity index is 560. The molecule has 16 heavy (non-hydrogen) atoms. The number of hydrogen-bond donors (Lipinski definition) is 0. The molecule has 2 rings (SSSR count). The van der Waals surface area contributed by atoms with E-state index in [-0.39, 0.29) is 0 Å². The predicted molar refractivity (Wildman–Crippen MR) is 73.5 cm³/mol. The van der Waals surface area contributed by atoms with Crippen LogP contribution in [0.4, 0.5) is 0 Å². The highest BCUT2D eigenvalue weighted by Gasteiger charge is 2.04. The summed E-state index contributed by atoms with van der Waals surface area (Å²) in [5, 5.41) is 2.62. The van der Waals surface area contributed by atoms with Crippen LogP contribution in [0.1, 0.15) is 23.6 Å². The van der Waals surface area contributed by atoms with E-state index in [2.05, 4.69) is 56.0 Å². The van der Waals surface area contributed by atoms with Crippen molar-refractivity contribution in [2.24, 2.45) is 0 Å². The lowest BCUT2D eigenvalue weighted by atomic mass is 9.95. The third-order valence-electron chi connectivity index (χ3n) is 2.88. The first kappa shape index (κ1) is 10.7. The molecule has 0 saturated heterocycles. The van der Waals surface area contributed by atoms with Crippen LogP contribution in [0.5, 0.6) is 0 Å². The summed E-state index contributed by atoms with van der Waals surface area (Å²) in [5.41, 5.74) is 3.77. The van der Waals surface area contributed by atoms with E-state index in [1.807, 2.05) is 13.0 Å². The molecular weight excluding hydrogens is 192 g/mol. The quantitative estimate of drug-likeness (QED) is 0.663. The standard InChI is InChI=1S/C16H16/c1-4-8-15-13(5-2)11-12(3)14-9-6-7-10-16(14)15/h4-11H,2H2,1,3H3/b8-4-. The first-order chi connectivity index (χ1) is 7.77. The molecular formula is C16H16. The van der Waals surface area contributed by atoms with Crippen molar-refractivity contribution >= 4 is 22.9 Å². The fourth-order valence-corrected chi connectivity index (χ4v) is 2.13. The number of fused-ring (bicyclic) bond motifs is 1. The molecule has 0 radical (unpaired) electrons. The van der Waals surface area contributed by atoms with Crippen LogP contribution in [0.15, 0.2) is 43.0 Å². The summed E-state index contributed by atoms with van der Waals surface area (Å²) in [4.78, 5) is 0. The highest BCUT2D eigenvalue weighted by molar-refractivity contribution is 5.96. The summed E-state index contributed by atoms with van der Waals surface area (Å²) in [6.45, 7) is 8.08. The van der Waals surface area contributed by atoms with Crippen LogP contribution in [0, 0.1) is 6.92 Å². The third-order valence-corrected chi connectivity index (χ3v) is 2.88. The van der Waals surface area contributed by atoms with Crippen molar-refractivity contribution in [3.8, 4) is 0 Å². The zero-order valence-electron chi connectivity index (χ0n) is 9.83. The van der Waals surface area contributed by atoms with Gasteiger partial charge in [-0.3, -0.25) is 0 Å². The molecule has 0 heteroatoms. The molecule has 0 spiro atoms. The number of aryl methyl sites for hydroxylation is 1. The summed E-state index contributed by atoms with van der Waals surface area (Å²) in [6.07, 6.45) is 6.15. The van der Waals surface area contributed by atoms with E-state index in [0.717, 1.165) is 0 Å². The van der Waals surface area contributed by atoms with Gasteiger partial charge in [-0.2, -0.15) is 0 Å². The second-order valence-corrected chi connectivity index (χ2v) is 3.95. The molecule has 0 aliphatic rings. The fraction of sp³-hybridized carbons (Fsp3) is 0.125. The Morgan fingerprint density at radius 2 is 1.81 bits per heavy atom. The molecule has 0 aliphatic carbocycles. The number of allylic oxidation sites excluding steroid dienone is 1. The average Bonchev–Trinajstić information content (AvgIpc) is 2.33. The van der Waals surface area contributed by atoms with Gasteiger partial charge in [0.25, 0.3) is 0 Å². The Labute approximate surface area is 96.9 Å². The molecule has 0 amide bonds. The smallest absolute Gasteiger partial charge is 0.0103 e. The second-order valence-electron chi connectivity index (χ2n) is 3.95.